The minimum Gasteiger partial charge on any atom is -0.495 e. The molecule has 0 bridgehead atoms. The molecule has 224 valence electrons. The maximum atomic E-state index is 14.3. The number of carbonyl (C=O) groups is 2. The summed E-state index contributed by atoms with van der Waals surface area (Å²) in [5.74, 6) is -0.518. The van der Waals surface area contributed by atoms with Crippen LogP contribution in [0.15, 0.2) is 77.7 Å². The highest BCUT2D eigenvalue weighted by Gasteiger charge is 2.35. The van der Waals surface area contributed by atoms with Crippen molar-refractivity contribution in [1.29, 1.82) is 0 Å². The molecule has 0 radical (unpaired) electrons. The SMILES string of the molecule is CC[C@@H](C(=O)NC1CCCC1)N(Cc1ccccc1)C(=O)CN(c1cc(Cl)ccc1OC)S(=O)(=O)c1ccc(C)cc1. The lowest BCUT2D eigenvalue weighted by Crippen LogP contribution is -2.53. The first-order chi connectivity index (χ1) is 20.1. The monoisotopic (exact) mass is 611 g/mol. The third-order valence-electron chi connectivity index (χ3n) is 7.58. The number of amides is 2. The first-order valence-electron chi connectivity index (χ1n) is 14.2. The Morgan fingerprint density at radius 1 is 1.02 bits per heavy atom. The van der Waals surface area contributed by atoms with Gasteiger partial charge in [-0.05, 0) is 62.1 Å². The van der Waals surface area contributed by atoms with E-state index in [1.807, 2.05) is 44.2 Å². The fraction of sp³-hybridized carbons (Fsp3) is 0.375. The number of nitrogens with zero attached hydrogens (tertiary/aromatic N) is 2. The van der Waals surface area contributed by atoms with Gasteiger partial charge in [0.05, 0.1) is 17.7 Å². The second-order valence-electron chi connectivity index (χ2n) is 10.6. The normalized spacial score (nSPS) is 14.3. The van der Waals surface area contributed by atoms with Crippen molar-refractivity contribution < 1.29 is 22.7 Å². The molecule has 10 heteroatoms. The predicted octanol–water partition coefficient (Wildman–Crippen LogP) is 5.72. The fourth-order valence-electron chi connectivity index (χ4n) is 5.28. The number of hydrogen-bond donors (Lipinski definition) is 1. The molecule has 1 saturated carbocycles. The summed E-state index contributed by atoms with van der Waals surface area (Å²) in [6.07, 6.45) is 4.30. The first-order valence-corrected chi connectivity index (χ1v) is 16.0. The largest absolute Gasteiger partial charge is 0.495 e. The average Bonchev–Trinajstić information content (AvgIpc) is 3.49. The smallest absolute Gasteiger partial charge is 0.264 e. The van der Waals surface area contributed by atoms with E-state index in [4.69, 9.17) is 16.3 Å². The van der Waals surface area contributed by atoms with Crippen molar-refractivity contribution in [2.45, 2.75) is 69.5 Å². The molecule has 1 fully saturated rings. The van der Waals surface area contributed by atoms with Gasteiger partial charge in [-0.2, -0.15) is 0 Å². The summed E-state index contributed by atoms with van der Waals surface area (Å²) >= 11 is 6.31. The molecule has 0 saturated heterocycles. The van der Waals surface area contributed by atoms with Crippen LogP contribution in [0, 0.1) is 6.92 Å². The van der Waals surface area contributed by atoms with Crippen LogP contribution in [0.2, 0.25) is 5.02 Å². The summed E-state index contributed by atoms with van der Waals surface area (Å²) in [4.78, 5) is 29.3. The van der Waals surface area contributed by atoms with Crippen LogP contribution < -0.4 is 14.4 Å². The minimum atomic E-state index is -4.25. The molecule has 1 aliphatic rings. The van der Waals surface area contributed by atoms with E-state index in [9.17, 15) is 18.0 Å². The highest BCUT2D eigenvalue weighted by Crippen LogP contribution is 2.35. The number of hydrogen-bond acceptors (Lipinski definition) is 5. The summed E-state index contributed by atoms with van der Waals surface area (Å²) in [5, 5.41) is 3.40. The zero-order valence-electron chi connectivity index (χ0n) is 24.3. The van der Waals surface area contributed by atoms with Gasteiger partial charge < -0.3 is 15.0 Å². The van der Waals surface area contributed by atoms with Crippen molar-refractivity contribution in [3.8, 4) is 5.75 Å². The molecule has 4 rings (SSSR count). The number of rotatable bonds is 12. The van der Waals surface area contributed by atoms with Crippen LogP contribution in [0.1, 0.15) is 50.2 Å². The zero-order valence-corrected chi connectivity index (χ0v) is 25.8. The summed E-state index contributed by atoms with van der Waals surface area (Å²) < 4.78 is 34.8. The number of benzene rings is 3. The topological polar surface area (TPSA) is 96.0 Å². The molecule has 0 heterocycles. The van der Waals surface area contributed by atoms with Crippen LogP contribution in [0.5, 0.6) is 5.75 Å². The van der Waals surface area contributed by atoms with Gasteiger partial charge in [-0.1, -0.05) is 79.4 Å². The summed E-state index contributed by atoms with van der Waals surface area (Å²) in [7, 11) is -2.82. The van der Waals surface area contributed by atoms with Crippen molar-refractivity contribution in [2.24, 2.45) is 0 Å². The van der Waals surface area contributed by atoms with Gasteiger partial charge in [0.1, 0.15) is 18.3 Å². The Morgan fingerprint density at radius 3 is 2.31 bits per heavy atom. The van der Waals surface area contributed by atoms with Crippen LogP contribution in [0.4, 0.5) is 5.69 Å². The lowest BCUT2D eigenvalue weighted by Gasteiger charge is -2.34. The number of aryl methyl sites for hydroxylation is 1. The van der Waals surface area contributed by atoms with E-state index in [1.54, 1.807) is 24.3 Å². The van der Waals surface area contributed by atoms with Gasteiger partial charge >= 0.3 is 0 Å². The Bertz CT molecular complexity index is 1480. The minimum absolute atomic E-state index is 0.0172. The van der Waals surface area contributed by atoms with Crippen LogP contribution >= 0.6 is 11.6 Å². The maximum absolute atomic E-state index is 14.3. The standard InChI is InChI=1S/C32H38ClN3O5S/c1-4-28(32(38)34-26-12-8-9-13-26)35(21-24-10-6-5-7-11-24)31(37)22-36(29-20-25(33)16-19-30(29)41-3)42(39,40)27-17-14-23(2)15-18-27/h5-7,10-11,14-20,26,28H,4,8-9,12-13,21-22H2,1-3H3,(H,34,38)/t28-/m0/s1. The second kappa shape index (κ2) is 14.1. The summed E-state index contributed by atoms with van der Waals surface area (Å²) in [6.45, 7) is 3.29. The Morgan fingerprint density at radius 2 is 1.69 bits per heavy atom. The molecule has 42 heavy (non-hydrogen) atoms. The van der Waals surface area contributed by atoms with E-state index < -0.39 is 28.5 Å². The maximum Gasteiger partial charge on any atom is 0.264 e. The fourth-order valence-corrected chi connectivity index (χ4v) is 6.86. The van der Waals surface area contributed by atoms with Crippen LogP contribution in [0.25, 0.3) is 0 Å². The molecule has 1 N–H and O–H groups in total. The molecular formula is C32H38ClN3O5S. The van der Waals surface area contributed by atoms with Crippen molar-refractivity contribution in [2.75, 3.05) is 18.0 Å². The summed E-state index contributed by atoms with van der Waals surface area (Å²) in [6, 6.07) is 19.7. The van der Waals surface area contributed by atoms with E-state index in [0.717, 1.165) is 41.1 Å². The highest BCUT2D eigenvalue weighted by molar-refractivity contribution is 7.92. The van der Waals surface area contributed by atoms with Crippen molar-refractivity contribution in [1.82, 2.24) is 10.2 Å². The highest BCUT2D eigenvalue weighted by atomic mass is 35.5. The van der Waals surface area contributed by atoms with Gasteiger partial charge in [-0.3, -0.25) is 13.9 Å². The van der Waals surface area contributed by atoms with E-state index >= 15 is 0 Å². The number of nitrogens with one attached hydrogen (secondary N) is 1. The van der Waals surface area contributed by atoms with Crippen molar-refractivity contribution in [3.05, 3.63) is 88.9 Å². The van der Waals surface area contributed by atoms with Gasteiger partial charge in [0.2, 0.25) is 11.8 Å². The van der Waals surface area contributed by atoms with Gasteiger partial charge in [-0.25, -0.2) is 8.42 Å². The van der Waals surface area contributed by atoms with Crippen LogP contribution in [0.3, 0.4) is 0 Å². The van der Waals surface area contributed by atoms with E-state index in [2.05, 4.69) is 5.32 Å². The Balaban J connectivity index is 1.75. The third-order valence-corrected chi connectivity index (χ3v) is 9.59. The van der Waals surface area contributed by atoms with Gasteiger partial charge in [-0.15, -0.1) is 0 Å². The molecule has 8 nitrogen and oxygen atoms in total. The van der Waals surface area contributed by atoms with Crippen molar-refractivity contribution >= 4 is 39.1 Å². The predicted molar refractivity (Wildman–Crippen MR) is 165 cm³/mol. The molecule has 1 aliphatic carbocycles. The lowest BCUT2D eigenvalue weighted by molar-refractivity contribution is -0.140. The second-order valence-corrected chi connectivity index (χ2v) is 12.9. The number of carbonyl (C=O) groups excluding carboxylic acids is 2. The Kier molecular flexibility index (Phi) is 10.5. The van der Waals surface area contributed by atoms with Gasteiger partial charge in [0, 0.05) is 17.6 Å². The molecule has 3 aromatic carbocycles. The molecule has 0 unspecified atom stereocenters. The molecule has 0 spiro atoms. The zero-order chi connectivity index (χ0) is 30.3. The summed E-state index contributed by atoms with van der Waals surface area (Å²) in [5.41, 5.74) is 1.85. The Labute approximate surface area is 253 Å². The number of methoxy groups -OCH3 is 1. The number of sulfonamides is 1. The van der Waals surface area contributed by atoms with Gasteiger partial charge in [0.25, 0.3) is 10.0 Å². The third kappa shape index (κ3) is 7.44. The Hall–Kier alpha value is -3.56. The molecule has 1 atom stereocenters. The van der Waals surface area contributed by atoms with Gasteiger partial charge in [0.15, 0.2) is 0 Å². The lowest BCUT2D eigenvalue weighted by atomic mass is 10.1. The molecule has 0 aromatic heterocycles. The average molecular weight is 612 g/mol. The number of ether oxygens (including phenoxy) is 1. The van der Waals surface area contributed by atoms with Crippen LogP contribution in [-0.4, -0.2) is 50.9 Å². The van der Waals surface area contributed by atoms with E-state index in [1.165, 1.54) is 30.2 Å². The quantitative estimate of drug-likeness (QED) is 0.283. The molecule has 0 aliphatic heterocycles. The molecular weight excluding hydrogens is 574 g/mol. The van der Waals surface area contributed by atoms with Crippen molar-refractivity contribution in [3.63, 3.8) is 0 Å². The number of anilines is 1. The first kappa shape index (κ1) is 31.4. The van der Waals surface area contributed by atoms with E-state index in [0.29, 0.717) is 6.42 Å². The molecule has 3 aromatic rings. The number of halogens is 1. The van der Waals surface area contributed by atoms with Crippen LogP contribution in [-0.2, 0) is 26.2 Å². The van der Waals surface area contributed by atoms with E-state index in [-0.39, 0.29) is 39.8 Å². The molecule has 2 amide bonds.